The second-order valence-electron chi connectivity index (χ2n) is 8.45. The van der Waals surface area contributed by atoms with Crippen LogP contribution in [0.5, 0.6) is 0 Å². The number of amides is 1. The Kier molecular flexibility index (Phi) is 6.63. The third-order valence-electron chi connectivity index (χ3n) is 6.33. The Hall–Kier alpha value is -2.37. The summed E-state index contributed by atoms with van der Waals surface area (Å²) in [6, 6.07) is 6.77. The molecule has 31 heavy (non-hydrogen) atoms. The van der Waals surface area contributed by atoms with Gasteiger partial charge in [0.25, 0.3) is 0 Å². The monoisotopic (exact) mass is 447 g/mol. The molecule has 1 amide bonds. The number of hydrogen-bond donors (Lipinski definition) is 2. The van der Waals surface area contributed by atoms with E-state index in [1.807, 2.05) is 7.05 Å². The van der Waals surface area contributed by atoms with Gasteiger partial charge in [-0.05, 0) is 47.5 Å². The van der Waals surface area contributed by atoms with Crippen LogP contribution in [0.2, 0.25) is 0 Å². The summed E-state index contributed by atoms with van der Waals surface area (Å²) in [5, 5.41) is 16.0. The van der Waals surface area contributed by atoms with Crippen LogP contribution >= 0.6 is 0 Å². The molecule has 0 spiro atoms. The number of sulfonamides is 1. The minimum Gasteiger partial charge on any atom is -0.304 e. The molecule has 0 bridgehead atoms. The number of hydrogen-bond acceptors (Lipinski definition) is 7. The van der Waals surface area contributed by atoms with Crippen LogP contribution in [-0.4, -0.2) is 77.4 Å². The maximum absolute atomic E-state index is 13.0. The van der Waals surface area contributed by atoms with Crippen molar-refractivity contribution in [1.29, 1.82) is 0 Å². The molecule has 1 aromatic carbocycles. The van der Waals surface area contributed by atoms with Gasteiger partial charge in [0.2, 0.25) is 21.9 Å². The van der Waals surface area contributed by atoms with Gasteiger partial charge >= 0.3 is 0 Å². The highest BCUT2D eigenvalue weighted by molar-refractivity contribution is 7.89. The van der Waals surface area contributed by atoms with E-state index < -0.39 is 15.9 Å². The molecule has 2 aromatic rings. The highest BCUT2D eigenvalue weighted by atomic mass is 32.2. The van der Waals surface area contributed by atoms with E-state index in [0.717, 1.165) is 37.9 Å². The molecule has 1 atom stereocenters. The van der Waals surface area contributed by atoms with Crippen LogP contribution < -0.4 is 5.32 Å². The van der Waals surface area contributed by atoms with E-state index in [1.54, 1.807) is 24.3 Å². The Balaban J connectivity index is 1.53. The first-order valence-electron chi connectivity index (χ1n) is 10.8. The lowest BCUT2D eigenvalue weighted by Gasteiger charge is -2.31. The summed E-state index contributed by atoms with van der Waals surface area (Å²) in [4.78, 5) is 15.4. The largest absolute Gasteiger partial charge is 0.304 e. The molecule has 10 nitrogen and oxygen atoms in total. The van der Waals surface area contributed by atoms with Gasteiger partial charge in [-0.2, -0.15) is 4.31 Å². The van der Waals surface area contributed by atoms with E-state index in [1.165, 1.54) is 17.1 Å². The van der Waals surface area contributed by atoms with Crippen LogP contribution in [0.3, 0.4) is 0 Å². The van der Waals surface area contributed by atoms with Gasteiger partial charge in [0.05, 0.1) is 10.8 Å². The lowest BCUT2D eigenvalue weighted by molar-refractivity contribution is -0.118. The highest BCUT2D eigenvalue weighted by Gasteiger charge is 2.30. The predicted octanol–water partition coefficient (Wildman–Crippen LogP) is 1.44. The summed E-state index contributed by atoms with van der Waals surface area (Å²) in [5.41, 5.74) is 0.800. The molecular formula is C20H29N7O3S. The molecule has 1 aliphatic heterocycles. The Bertz CT molecular complexity index is 965. The highest BCUT2D eigenvalue weighted by Crippen LogP contribution is 2.35. The molecule has 1 saturated heterocycles. The average Bonchev–Trinajstić information content (AvgIpc) is 3.46. The zero-order valence-electron chi connectivity index (χ0n) is 17.7. The Labute approximate surface area is 182 Å². The number of nitrogens with one attached hydrogen (secondary N) is 2. The molecule has 2 fully saturated rings. The van der Waals surface area contributed by atoms with Crippen molar-refractivity contribution in [1.82, 2.24) is 29.8 Å². The maximum Gasteiger partial charge on any atom is 0.246 e. The van der Waals surface area contributed by atoms with E-state index in [0.29, 0.717) is 19.0 Å². The van der Waals surface area contributed by atoms with Gasteiger partial charge in [-0.25, -0.2) is 13.5 Å². The fraction of sp³-hybridized carbons (Fsp3) is 0.600. The van der Waals surface area contributed by atoms with Crippen LogP contribution in [0.4, 0.5) is 5.95 Å². The van der Waals surface area contributed by atoms with Crippen LogP contribution in [0.25, 0.3) is 0 Å². The molecule has 11 heteroatoms. The van der Waals surface area contributed by atoms with Gasteiger partial charge in [0.1, 0.15) is 0 Å². The second kappa shape index (κ2) is 9.41. The molecule has 1 aromatic heterocycles. The lowest BCUT2D eigenvalue weighted by atomic mass is 9.87. The quantitative estimate of drug-likeness (QED) is 0.658. The number of tetrazole rings is 1. The van der Waals surface area contributed by atoms with E-state index in [2.05, 4.69) is 30.8 Å². The predicted molar refractivity (Wildman–Crippen MR) is 115 cm³/mol. The summed E-state index contributed by atoms with van der Waals surface area (Å²) in [7, 11) is -1.55. The first-order chi connectivity index (χ1) is 14.9. The first-order valence-corrected chi connectivity index (χ1v) is 12.2. The van der Waals surface area contributed by atoms with Crippen LogP contribution in [0.1, 0.15) is 43.6 Å². The third kappa shape index (κ3) is 5.10. The fourth-order valence-electron chi connectivity index (χ4n) is 4.44. The third-order valence-corrected chi connectivity index (χ3v) is 8.24. The number of rotatable bonds is 7. The van der Waals surface area contributed by atoms with Gasteiger partial charge in [-0.3, -0.25) is 10.1 Å². The van der Waals surface area contributed by atoms with Crippen molar-refractivity contribution < 1.29 is 13.2 Å². The van der Waals surface area contributed by atoms with E-state index in [-0.39, 0.29) is 16.8 Å². The van der Waals surface area contributed by atoms with Crippen molar-refractivity contribution >= 4 is 21.9 Å². The van der Waals surface area contributed by atoms with Crippen molar-refractivity contribution in [2.24, 2.45) is 5.92 Å². The van der Waals surface area contributed by atoms with Gasteiger partial charge in [-0.1, -0.05) is 42.9 Å². The Morgan fingerprint density at radius 1 is 1.16 bits per heavy atom. The zero-order chi connectivity index (χ0) is 21.8. The summed E-state index contributed by atoms with van der Waals surface area (Å²) >= 11 is 0. The van der Waals surface area contributed by atoms with Gasteiger partial charge < -0.3 is 4.90 Å². The topological polar surface area (TPSA) is 124 Å². The molecule has 2 heterocycles. The number of carbonyl (C=O) groups is 1. The standard InChI is InChI=1S/C20H29N7O3S/c1-26-10-12-27(13-11-26)31(29,30)17-8-6-16(7-9-17)18(14-15-4-2-3-5-15)19(28)21-20-22-24-25-23-20/h6-9,15,18H,2-5,10-14H2,1H3,(H2,21,22,23,24,25,28). The van der Waals surface area contributed by atoms with Crippen molar-refractivity contribution in [2.45, 2.75) is 42.9 Å². The number of piperazine rings is 1. The van der Waals surface area contributed by atoms with Crippen LogP contribution in [0.15, 0.2) is 29.2 Å². The molecular weight excluding hydrogens is 418 g/mol. The Morgan fingerprint density at radius 2 is 1.84 bits per heavy atom. The number of aromatic nitrogens is 4. The number of nitrogens with zero attached hydrogens (tertiary/aromatic N) is 5. The molecule has 2 N–H and O–H groups in total. The SMILES string of the molecule is CN1CCN(S(=O)(=O)c2ccc(C(CC3CCCC3)C(=O)Nc3nnn[nH]3)cc2)CC1. The first kappa shape index (κ1) is 21.8. The van der Waals surface area contributed by atoms with Gasteiger partial charge in [0, 0.05) is 26.2 Å². The summed E-state index contributed by atoms with van der Waals surface area (Å²) < 4.78 is 27.5. The number of H-pyrrole nitrogens is 1. The molecule has 1 unspecified atom stereocenters. The average molecular weight is 448 g/mol. The van der Waals surface area contributed by atoms with Gasteiger partial charge in [0.15, 0.2) is 0 Å². The van der Waals surface area contributed by atoms with E-state index in [9.17, 15) is 13.2 Å². The van der Waals surface area contributed by atoms with Crippen molar-refractivity contribution in [3.8, 4) is 0 Å². The minimum absolute atomic E-state index is 0.194. The zero-order valence-corrected chi connectivity index (χ0v) is 18.5. The van der Waals surface area contributed by atoms with E-state index >= 15 is 0 Å². The maximum atomic E-state index is 13.0. The van der Waals surface area contributed by atoms with Crippen molar-refractivity contribution in [2.75, 3.05) is 38.5 Å². The van der Waals surface area contributed by atoms with Crippen molar-refractivity contribution in [3.63, 3.8) is 0 Å². The Morgan fingerprint density at radius 3 is 2.45 bits per heavy atom. The molecule has 168 valence electrons. The number of anilines is 1. The molecule has 1 saturated carbocycles. The van der Waals surface area contributed by atoms with E-state index in [4.69, 9.17) is 0 Å². The molecule has 4 rings (SSSR count). The molecule has 1 aliphatic carbocycles. The molecule has 0 radical (unpaired) electrons. The number of likely N-dealkylation sites (N-methyl/N-ethyl adjacent to an activating group) is 1. The lowest BCUT2D eigenvalue weighted by Crippen LogP contribution is -2.47. The summed E-state index contributed by atoms with van der Waals surface area (Å²) in [6.07, 6.45) is 5.32. The number of benzene rings is 1. The van der Waals surface area contributed by atoms with Crippen LogP contribution in [-0.2, 0) is 14.8 Å². The fourth-order valence-corrected chi connectivity index (χ4v) is 5.86. The molecule has 2 aliphatic rings. The minimum atomic E-state index is -3.54. The number of carbonyl (C=O) groups excluding carboxylic acids is 1. The van der Waals surface area contributed by atoms with Crippen molar-refractivity contribution in [3.05, 3.63) is 29.8 Å². The number of aromatic amines is 1. The smallest absolute Gasteiger partial charge is 0.246 e. The normalized spacial score (nSPS) is 20.0. The summed E-state index contributed by atoms with van der Waals surface area (Å²) in [6.45, 7) is 2.41. The van der Waals surface area contributed by atoms with Crippen LogP contribution in [0, 0.1) is 5.92 Å². The second-order valence-corrected chi connectivity index (χ2v) is 10.4. The van der Waals surface area contributed by atoms with Gasteiger partial charge in [-0.15, -0.1) is 0 Å². The summed E-state index contributed by atoms with van der Waals surface area (Å²) in [5.74, 6) is 0.0988.